The predicted octanol–water partition coefficient (Wildman–Crippen LogP) is 4.31. The van der Waals surface area contributed by atoms with E-state index in [0.29, 0.717) is 0 Å². The van der Waals surface area contributed by atoms with E-state index in [-0.39, 0.29) is 12.1 Å². The standard InChI is InChI=1S/C19H24N2O/c1-3-4-10-16(22)11-17-19(15-8-6-5-7-9-15)14(2)18-12-20-13-21(17)18/h5-9,12-13,16-17,22H,3-4,10-11H2,1-2H3. The van der Waals surface area contributed by atoms with Crippen molar-refractivity contribution in [1.82, 2.24) is 9.55 Å². The highest BCUT2D eigenvalue weighted by molar-refractivity contribution is 5.93. The summed E-state index contributed by atoms with van der Waals surface area (Å²) in [5, 5.41) is 10.4. The lowest BCUT2D eigenvalue weighted by atomic mass is 9.91. The van der Waals surface area contributed by atoms with Gasteiger partial charge in [0.1, 0.15) is 0 Å². The summed E-state index contributed by atoms with van der Waals surface area (Å²) in [6.07, 6.45) is 7.39. The van der Waals surface area contributed by atoms with Crippen LogP contribution in [-0.4, -0.2) is 20.8 Å². The van der Waals surface area contributed by atoms with Crippen LogP contribution in [0.1, 0.15) is 56.8 Å². The van der Waals surface area contributed by atoms with Gasteiger partial charge in [-0.2, -0.15) is 0 Å². The Balaban J connectivity index is 1.92. The molecular formula is C19H24N2O. The third-order valence-corrected chi connectivity index (χ3v) is 4.59. The van der Waals surface area contributed by atoms with Gasteiger partial charge in [0.05, 0.1) is 30.4 Å². The van der Waals surface area contributed by atoms with Gasteiger partial charge in [-0.3, -0.25) is 0 Å². The average Bonchev–Trinajstić information content (AvgIpc) is 3.10. The van der Waals surface area contributed by atoms with Crippen molar-refractivity contribution in [3.63, 3.8) is 0 Å². The van der Waals surface area contributed by atoms with Crippen LogP contribution >= 0.6 is 0 Å². The summed E-state index contributed by atoms with van der Waals surface area (Å²) >= 11 is 0. The number of fused-ring (bicyclic) bond motifs is 1. The zero-order valence-corrected chi connectivity index (χ0v) is 13.4. The van der Waals surface area contributed by atoms with Gasteiger partial charge in [-0.1, -0.05) is 50.1 Å². The van der Waals surface area contributed by atoms with Gasteiger partial charge in [0.2, 0.25) is 0 Å². The Labute approximate surface area is 132 Å². The molecule has 0 saturated carbocycles. The minimum atomic E-state index is -0.259. The fourth-order valence-electron chi connectivity index (χ4n) is 3.44. The van der Waals surface area contributed by atoms with E-state index in [1.165, 1.54) is 22.4 Å². The Morgan fingerprint density at radius 2 is 2.05 bits per heavy atom. The van der Waals surface area contributed by atoms with Gasteiger partial charge in [0.15, 0.2) is 0 Å². The molecule has 2 heterocycles. The first-order chi connectivity index (χ1) is 10.7. The van der Waals surface area contributed by atoms with Crippen LogP contribution in [0, 0.1) is 0 Å². The Kier molecular flexibility index (Phi) is 4.44. The van der Waals surface area contributed by atoms with Gasteiger partial charge in [-0.15, -0.1) is 0 Å². The third kappa shape index (κ3) is 2.73. The van der Waals surface area contributed by atoms with Crippen LogP contribution in [0.3, 0.4) is 0 Å². The molecule has 2 unspecified atom stereocenters. The Morgan fingerprint density at radius 3 is 2.77 bits per heavy atom. The van der Waals surface area contributed by atoms with E-state index >= 15 is 0 Å². The summed E-state index contributed by atoms with van der Waals surface area (Å²) in [7, 11) is 0. The van der Waals surface area contributed by atoms with Crippen molar-refractivity contribution in [3.05, 3.63) is 54.1 Å². The number of hydrogen-bond acceptors (Lipinski definition) is 2. The molecule has 0 aliphatic carbocycles. The van der Waals surface area contributed by atoms with Gasteiger partial charge < -0.3 is 9.67 Å². The van der Waals surface area contributed by atoms with E-state index < -0.39 is 0 Å². The summed E-state index contributed by atoms with van der Waals surface area (Å²) in [5.74, 6) is 0. The van der Waals surface area contributed by atoms with Crippen LogP contribution in [0.25, 0.3) is 11.1 Å². The van der Waals surface area contributed by atoms with Crippen LogP contribution in [0.4, 0.5) is 0 Å². The number of aliphatic hydroxyl groups excluding tert-OH is 1. The van der Waals surface area contributed by atoms with Crippen molar-refractivity contribution in [3.8, 4) is 0 Å². The van der Waals surface area contributed by atoms with E-state index in [1.807, 2.05) is 18.6 Å². The minimum Gasteiger partial charge on any atom is -0.393 e. The zero-order valence-electron chi connectivity index (χ0n) is 13.4. The van der Waals surface area contributed by atoms with Crippen molar-refractivity contribution < 1.29 is 5.11 Å². The first kappa shape index (κ1) is 15.0. The highest BCUT2D eigenvalue weighted by Crippen LogP contribution is 2.44. The second-order valence-electron chi connectivity index (χ2n) is 6.14. The number of rotatable bonds is 6. The van der Waals surface area contributed by atoms with Crippen molar-refractivity contribution >= 4 is 11.1 Å². The fraction of sp³-hybridized carbons (Fsp3) is 0.421. The van der Waals surface area contributed by atoms with Crippen LogP contribution in [0.5, 0.6) is 0 Å². The van der Waals surface area contributed by atoms with E-state index in [1.54, 1.807) is 0 Å². The maximum Gasteiger partial charge on any atom is 0.0956 e. The van der Waals surface area contributed by atoms with E-state index in [2.05, 4.69) is 47.7 Å². The monoisotopic (exact) mass is 296 g/mol. The molecule has 3 heteroatoms. The molecule has 2 aromatic rings. The molecule has 116 valence electrons. The second kappa shape index (κ2) is 6.49. The molecule has 1 aliphatic heterocycles. The molecule has 3 nitrogen and oxygen atoms in total. The Bertz CT molecular complexity index is 657. The molecule has 1 aromatic heterocycles. The maximum absolute atomic E-state index is 10.4. The fourth-order valence-corrected chi connectivity index (χ4v) is 3.44. The molecule has 2 atom stereocenters. The number of aromatic nitrogens is 2. The second-order valence-corrected chi connectivity index (χ2v) is 6.14. The van der Waals surface area contributed by atoms with Crippen LogP contribution in [-0.2, 0) is 0 Å². The first-order valence-electron chi connectivity index (χ1n) is 8.18. The number of imidazole rings is 1. The number of allylic oxidation sites excluding steroid dienone is 2. The highest BCUT2D eigenvalue weighted by atomic mass is 16.3. The summed E-state index contributed by atoms with van der Waals surface area (Å²) in [6, 6.07) is 10.7. The Hall–Kier alpha value is -1.87. The summed E-state index contributed by atoms with van der Waals surface area (Å²) < 4.78 is 2.22. The predicted molar refractivity (Wildman–Crippen MR) is 90.3 cm³/mol. The highest BCUT2D eigenvalue weighted by Gasteiger charge is 2.31. The van der Waals surface area contributed by atoms with E-state index in [9.17, 15) is 5.11 Å². The number of hydrogen-bond donors (Lipinski definition) is 1. The number of nitrogens with zero attached hydrogens (tertiary/aromatic N) is 2. The van der Waals surface area contributed by atoms with Gasteiger partial charge >= 0.3 is 0 Å². The average molecular weight is 296 g/mol. The lowest BCUT2D eigenvalue weighted by Crippen LogP contribution is -2.16. The number of unbranched alkanes of at least 4 members (excludes halogenated alkanes) is 1. The molecule has 3 rings (SSSR count). The molecule has 0 spiro atoms. The van der Waals surface area contributed by atoms with E-state index in [0.717, 1.165) is 25.7 Å². The summed E-state index contributed by atoms with van der Waals surface area (Å²) in [6.45, 7) is 4.32. The quantitative estimate of drug-likeness (QED) is 0.862. The molecule has 22 heavy (non-hydrogen) atoms. The number of aliphatic hydroxyl groups is 1. The molecule has 0 radical (unpaired) electrons. The van der Waals surface area contributed by atoms with Gasteiger partial charge in [-0.05, 0) is 36.5 Å². The lowest BCUT2D eigenvalue weighted by Gasteiger charge is -2.21. The van der Waals surface area contributed by atoms with Crippen molar-refractivity contribution in [1.29, 1.82) is 0 Å². The van der Waals surface area contributed by atoms with Crippen LogP contribution < -0.4 is 0 Å². The van der Waals surface area contributed by atoms with Crippen LogP contribution in [0.2, 0.25) is 0 Å². The largest absolute Gasteiger partial charge is 0.393 e. The van der Waals surface area contributed by atoms with Crippen molar-refractivity contribution in [2.24, 2.45) is 0 Å². The van der Waals surface area contributed by atoms with Crippen molar-refractivity contribution in [2.75, 3.05) is 0 Å². The zero-order chi connectivity index (χ0) is 15.5. The minimum absolute atomic E-state index is 0.187. The van der Waals surface area contributed by atoms with Gasteiger partial charge in [-0.25, -0.2) is 4.98 Å². The molecule has 0 fully saturated rings. The topological polar surface area (TPSA) is 38.1 Å². The van der Waals surface area contributed by atoms with Crippen LogP contribution in [0.15, 0.2) is 42.9 Å². The third-order valence-electron chi connectivity index (χ3n) is 4.59. The first-order valence-corrected chi connectivity index (χ1v) is 8.18. The normalized spacial score (nSPS) is 18.6. The maximum atomic E-state index is 10.4. The molecule has 0 bridgehead atoms. The molecule has 0 saturated heterocycles. The van der Waals surface area contributed by atoms with E-state index in [4.69, 9.17) is 0 Å². The number of benzene rings is 1. The SMILES string of the molecule is CCCCC(O)CC1C(c2ccccc2)=C(C)c2cncn21. The van der Waals surface area contributed by atoms with Crippen molar-refractivity contribution in [2.45, 2.75) is 51.7 Å². The lowest BCUT2D eigenvalue weighted by molar-refractivity contribution is 0.141. The molecule has 1 aliphatic rings. The Morgan fingerprint density at radius 1 is 1.27 bits per heavy atom. The molecule has 0 amide bonds. The summed E-state index contributed by atoms with van der Waals surface area (Å²) in [4.78, 5) is 4.29. The molecular weight excluding hydrogens is 272 g/mol. The summed E-state index contributed by atoms with van der Waals surface area (Å²) in [5.41, 5.74) is 5.02. The molecule has 1 N–H and O–H groups in total. The smallest absolute Gasteiger partial charge is 0.0956 e. The van der Waals surface area contributed by atoms with Gasteiger partial charge in [0.25, 0.3) is 0 Å². The van der Waals surface area contributed by atoms with Gasteiger partial charge in [0, 0.05) is 0 Å². The molecule has 1 aromatic carbocycles.